The van der Waals surface area contributed by atoms with E-state index in [0.29, 0.717) is 34.7 Å². The number of rotatable bonds is 4. The number of anilines is 1. The Balaban J connectivity index is 1.57. The highest BCUT2D eigenvalue weighted by molar-refractivity contribution is 9.10. The SMILES string of the molecule is O=C1C[C@@H](c2cccc(Cl)c2)[C@]2(C(=O)Nc3cc(Cl)ccc32)[C@@H](c2cc(Br)ccc2OC2CCOCC2)N1. The second-order valence-electron chi connectivity index (χ2n) is 9.94. The van der Waals surface area contributed by atoms with Crippen LogP contribution in [0.25, 0.3) is 0 Å². The number of piperidine rings is 1. The second kappa shape index (κ2) is 10.2. The summed E-state index contributed by atoms with van der Waals surface area (Å²) in [5, 5.41) is 7.30. The molecule has 3 aromatic rings. The van der Waals surface area contributed by atoms with Gasteiger partial charge in [0.1, 0.15) is 17.3 Å². The van der Waals surface area contributed by atoms with Gasteiger partial charge in [-0.3, -0.25) is 9.59 Å². The molecule has 6 nitrogen and oxygen atoms in total. The van der Waals surface area contributed by atoms with Crippen molar-refractivity contribution in [2.24, 2.45) is 0 Å². The van der Waals surface area contributed by atoms with Crippen LogP contribution in [0.4, 0.5) is 5.69 Å². The van der Waals surface area contributed by atoms with Crippen molar-refractivity contribution in [3.63, 3.8) is 0 Å². The Morgan fingerprint density at radius 2 is 1.76 bits per heavy atom. The van der Waals surface area contributed by atoms with E-state index in [2.05, 4.69) is 26.6 Å². The summed E-state index contributed by atoms with van der Waals surface area (Å²) in [6, 6.07) is 17.8. The maximum atomic E-state index is 14.3. The minimum Gasteiger partial charge on any atom is -0.490 e. The van der Waals surface area contributed by atoms with E-state index in [1.165, 1.54) is 0 Å². The molecule has 0 unspecified atom stereocenters. The molecule has 196 valence electrons. The fourth-order valence-electron chi connectivity index (χ4n) is 6.10. The highest BCUT2D eigenvalue weighted by Crippen LogP contribution is 2.58. The average Bonchev–Trinajstić information content (AvgIpc) is 3.18. The van der Waals surface area contributed by atoms with Gasteiger partial charge in [-0.25, -0.2) is 0 Å². The van der Waals surface area contributed by atoms with Crippen molar-refractivity contribution in [1.82, 2.24) is 5.32 Å². The number of nitrogens with one attached hydrogen (secondary N) is 2. The summed E-state index contributed by atoms with van der Waals surface area (Å²) in [4.78, 5) is 27.6. The zero-order valence-electron chi connectivity index (χ0n) is 20.3. The maximum absolute atomic E-state index is 14.3. The minimum atomic E-state index is -1.17. The van der Waals surface area contributed by atoms with Crippen LogP contribution in [0.15, 0.2) is 65.1 Å². The summed E-state index contributed by atoms with van der Waals surface area (Å²) in [6.07, 6.45) is 1.64. The Labute approximate surface area is 239 Å². The van der Waals surface area contributed by atoms with Gasteiger partial charge in [0.05, 0.1) is 19.3 Å². The average molecular weight is 616 g/mol. The fraction of sp³-hybridized carbons (Fsp3) is 0.310. The number of fused-ring (bicyclic) bond motifs is 2. The van der Waals surface area contributed by atoms with Crippen LogP contribution in [-0.2, 0) is 19.7 Å². The summed E-state index contributed by atoms with van der Waals surface area (Å²) in [6.45, 7) is 1.27. The number of carbonyl (C=O) groups is 2. The number of carbonyl (C=O) groups excluding carboxylic acids is 2. The third-order valence-corrected chi connectivity index (χ3v) is 8.71. The van der Waals surface area contributed by atoms with Gasteiger partial charge in [-0.1, -0.05) is 57.3 Å². The van der Waals surface area contributed by atoms with Crippen molar-refractivity contribution in [2.75, 3.05) is 18.5 Å². The Morgan fingerprint density at radius 1 is 0.974 bits per heavy atom. The minimum absolute atomic E-state index is 0.0221. The van der Waals surface area contributed by atoms with E-state index < -0.39 is 17.4 Å². The smallest absolute Gasteiger partial charge is 0.238 e. The maximum Gasteiger partial charge on any atom is 0.238 e. The number of amides is 2. The lowest BCUT2D eigenvalue weighted by Gasteiger charge is -2.46. The molecule has 2 fully saturated rings. The van der Waals surface area contributed by atoms with Crippen molar-refractivity contribution in [2.45, 2.75) is 42.7 Å². The fourth-order valence-corrected chi connectivity index (χ4v) is 6.84. The lowest BCUT2D eigenvalue weighted by atomic mass is 9.59. The molecule has 3 aliphatic rings. The van der Waals surface area contributed by atoms with Crippen molar-refractivity contribution in [3.05, 3.63) is 91.9 Å². The Bertz CT molecular complexity index is 1430. The highest BCUT2D eigenvalue weighted by Gasteiger charge is 2.61. The first kappa shape index (κ1) is 25.7. The summed E-state index contributed by atoms with van der Waals surface area (Å²) >= 11 is 16.3. The summed E-state index contributed by atoms with van der Waals surface area (Å²) < 4.78 is 12.8. The molecular formula is C29H25BrCl2N2O4. The number of halogens is 3. The molecule has 0 aromatic heterocycles. The molecule has 9 heteroatoms. The van der Waals surface area contributed by atoms with Gasteiger partial charge in [-0.05, 0) is 53.6 Å². The van der Waals surface area contributed by atoms with Gasteiger partial charge in [0, 0.05) is 50.9 Å². The van der Waals surface area contributed by atoms with Crippen molar-refractivity contribution in [3.8, 4) is 5.75 Å². The molecule has 2 N–H and O–H groups in total. The normalized spacial score (nSPS) is 25.1. The molecule has 3 heterocycles. The van der Waals surface area contributed by atoms with E-state index >= 15 is 0 Å². The first-order chi connectivity index (χ1) is 18.4. The standard InChI is InChI=1S/C29H25BrCl2N2O4/c30-17-4-7-25(38-20-8-10-37-11-9-20)21(13-17)27-29(22-6-5-19(32)14-24(22)33-28(29)36)23(15-26(35)34-27)16-2-1-3-18(31)12-16/h1-7,12-14,20,23,27H,8-11,15H2,(H,33,36)(H,34,35)/t23-,27+,29-/m0/s1. The van der Waals surface area contributed by atoms with Crippen LogP contribution in [0.2, 0.25) is 10.0 Å². The Kier molecular flexibility index (Phi) is 6.89. The van der Waals surface area contributed by atoms with Crippen LogP contribution in [0.1, 0.15) is 47.9 Å². The van der Waals surface area contributed by atoms with E-state index in [1.807, 2.05) is 42.5 Å². The van der Waals surface area contributed by atoms with Crippen LogP contribution >= 0.6 is 39.1 Å². The largest absolute Gasteiger partial charge is 0.490 e. The lowest BCUT2D eigenvalue weighted by Crippen LogP contribution is -2.57. The molecule has 3 atom stereocenters. The zero-order valence-corrected chi connectivity index (χ0v) is 23.4. The van der Waals surface area contributed by atoms with Crippen LogP contribution in [0.5, 0.6) is 5.75 Å². The van der Waals surface area contributed by atoms with Crippen molar-refractivity contribution < 1.29 is 19.1 Å². The van der Waals surface area contributed by atoms with Crippen molar-refractivity contribution in [1.29, 1.82) is 0 Å². The van der Waals surface area contributed by atoms with Crippen LogP contribution in [0, 0.1) is 0 Å². The molecule has 3 aromatic carbocycles. The second-order valence-corrected chi connectivity index (χ2v) is 11.7. The predicted octanol–water partition coefficient (Wildman–Crippen LogP) is 6.55. The Morgan fingerprint density at radius 3 is 2.55 bits per heavy atom. The molecule has 6 rings (SSSR count). The molecule has 2 saturated heterocycles. The van der Waals surface area contributed by atoms with E-state index in [9.17, 15) is 9.59 Å². The van der Waals surface area contributed by atoms with Gasteiger partial charge in [-0.15, -0.1) is 0 Å². The molecule has 38 heavy (non-hydrogen) atoms. The monoisotopic (exact) mass is 614 g/mol. The van der Waals surface area contributed by atoms with Gasteiger partial charge in [-0.2, -0.15) is 0 Å². The van der Waals surface area contributed by atoms with Gasteiger partial charge in [0.15, 0.2) is 0 Å². The molecule has 0 bridgehead atoms. The third kappa shape index (κ3) is 4.39. The van der Waals surface area contributed by atoms with Gasteiger partial charge >= 0.3 is 0 Å². The first-order valence-electron chi connectivity index (χ1n) is 12.6. The van der Waals surface area contributed by atoms with Crippen LogP contribution < -0.4 is 15.4 Å². The quantitative estimate of drug-likeness (QED) is 0.349. The van der Waals surface area contributed by atoms with Crippen molar-refractivity contribution >= 4 is 56.6 Å². The molecule has 0 radical (unpaired) electrons. The number of hydrogen-bond donors (Lipinski definition) is 2. The molecule has 2 amide bonds. The lowest BCUT2D eigenvalue weighted by molar-refractivity contribution is -0.131. The van der Waals surface area contributed by atoms with E-state index in [1.54, 1.807) is 18.2 Å². The number of benzene rings is 3. The molecule has 1 spiro atoms. The van der Waals surface area contributed by atoms with Gasteiger partial charge in [0.2, 0.25) is 11.8 Å². The molecule has 0 aliphatic carbocycles. The summed E-state index contributed by atoms with van der Waals surface area (Å²) in [5.41, 5.74) is 1.78. The van der Waals surface area contributed by atoms with E-state index in [4.69, 9.17) is 32.7 Å². The van der Waals surface area contributed by atoms with Gasteiger partial charge in [0.25, 0.3) is 0 Å². The number of ether oxygens (including phenoxy) is 2. The van der Waals surface area contributed by atoms with Crippen LogP contribution in [0.3, 0.4) is 0 Å². The predicted molar refractivity (Wildman–Crippen MR) is 150 cm³/mol. The molecular weight excluding hydrogens is 591 g/mol. The zero-order chi connectivity index (χ0) is 26.4. The first-order valence-corrected chi connectivity index (χ1v) is 14.1. The van der Waals surface area contributed by atoms with E-state index in [-0.39, 0.29) is 24.3 Å². The topological polar surface area (TPSA) is 76.7 Å². The summed E-state index contributed by atoms with van der Waals surface area (Å²) in [7, 11) is 0. The number of hydrogen-bond acceptors (Lipinski definition) is 4. The van der Waals surface area contributed by atoms with E-state index in [0.717, 1.165) is 34.0 Å². The molecule has 0 saturated carbocycles. The molecule has 3 aliphatic heterocycles. The third-order valence-electron chi connectivity index (χ3n) is 7.75. The Hall–Kier alpha value is -2.58. The summed E-state index contributed by atoms with van der Waals surface area (Å²) in [5.74, 6) is -0.219. The van der Waals surface area contributed by atoms with Gasteiger partial charge < -0.3 is 20.1 Å². The highest BCUT2D eigenvalue weighted by atomic mass is 79.9. The van der Waals surface area contributed by atoms with Crippen LogP contribution in [-0.4, -0.2) is 31.1 Å².